The normalized spacial score (nSPS) is 18.4. The SMILES string of the molecule is CCCCCCC(C)(CN)N(Cc1ccco1)C1CC1. The standard InChI is InChI=1S/C17H30N2O/c1-3-4-5-6-11-17(2,14-18)19(15-9-10-15)13-16-8-7-12-20-16/h7-8,12,15H,3-6,9-11,13-14,18H2,1-2H3. The number of nitrogens with two attached hydrogens (primary N) is 1. The van der Waals surface area contributed by atoms with Crippen molar-refractivity contribution in [2.75, 3.05) is 6.54 Å². The Hall–Kier alpha value is -0.800. The van der Waals surface area contributed by atoms with Gasteiger partial charge in [-0.15, -0.1) is 0 Å². The van der Waals surface area contributed by atoms with E-state index in [4.69, 9.17) is 10.2 Å². The van der Waals surface area contributed by atoms with Crippen LogP contribution in [0.15, 0.2) is 22.8 Å². The van der Waals surface area contributed by atoms with Crippen LogP contribution in [0.1, 0.15) is 64.6 Å². The summed E-state index contributed by atoms with van der Waals surface area (Å²) in [6.45, 7) is 6.23. The number of hydrogen-bond donors (Lipinski definition) is 1. The van der Waals surface area contributed by atoms with Gasteiger partial charge in [0.15, 0.2) is 0 Å². The lowest BCUT2D eigenvalue weighted by Crippen LogP contribution is -2.52. The third-order valence-corrected chi connectivity index (χ3v) is 4.60. The molecule has 114 valence electrons. The first-order valence-corrected chi connectivity index (χ1v) is 8.19. The van der Waals surface area contributed by atoms with E-state index in [2.05, 4.69) is 24.8 Å². The maximum absolute atomic E-state index is 6.14. The first kappa shape index (κ1) is 15.6. The van der Waals surface area contributed by atoms with E-state index in [1.807, 2.05) is 6.07 Å². The monoisotopic (exact) mass is 278 g/mol. The van der Waals surface area contributed by atoms with E-state index in [1.54, 1.807) is 6.26 Å². The highest BCUT2D eigenvalue weighted by atomic mass is 16.3. The third-order valence-electron chi connectivity index (χ3n) is 4.60. The van der Waals surface area contributed by atoms with E-state index >= 15 is 0 Å². The van der Waals surface area contributed by atoms with E-state index in [1.165, 1.54) is 44.9 Å². The molecule has 1 unspecified atom stereocenters. The van der Waals surface area contributed by atoms with Crippen LogP contribution in [0.2, 0.25) is 0 Å². The quantitative estimate of drug-likeness (QED) is 0.659. The van der Waals surface area contributed by atoms with Gasteiger partial charge in [0.2, 0.25) is 0 Å². The highest BCUT2D eigenvalue weighted by molar-refractivity contribution is 5.03. The Kier molecular flexibility index (Phi) is 5.67. The average Bonchev–Trinajstić information content (AvgIpc) is 3.17. The molecule has 1 aromatic rings. The van der Waals surface area contributed by atoms with Crippen molar-refractivity contribution in [2.45, 2.75) is 76.9 Å². The second-order valence-corrected chi connectivity index (χ2v) is 6.45. The van der Waals surface area contributed by atoms with E-state index in [9.17, 15) is 0 Å². The molecule has 0 bridgehead atoms. The number of hydrogen-bond acceptors (Lipinski definition) is 3. The van der Waals surface area contributed by atoms with Crippen molar-refractivity contribution in [1.82, 2.24) is 4.90 Å². The van der Waals surface area contributed by atoms with Crippen LogP contribution < -0.4 is 5.73 Å². The maximum atomic E-state index is 6.14. The summed E-state index contributed by atoms with van der Waals surface area (Å²) in [4.78, 5) is 2.60. The first-order chi connectivity index (χ1) is 9.69. The summed E-state index contributed by atoms with van der Waals surface area (Å²) in [5, 5.41) is 0. The van der Waals surface area contributed by atoms with Crippen LogP contribution in [0, 0.1) is 0 Å². The Balaban J connectivity index is 1.96. The molecule has 20 heavy (non-hydrogen) atoms. The fraction of sp³-hybridized carbons (Fsp3) is 0.765. The number of furan rings is 1. The van der Waals surface area contributed by atoms with Crippen molar-refractivity contribution in [3.63, 3.8) is 0 Å². The fourth-order valence-corrected chi connectivity index (χ4v) is 3.01. The Labute approximate surface area is 123 Å². The Morgan fingerprint density at radius 1 is 1.35 bits per heavy atom. The van der Waals surface area contributed by atoms with Crippen molar-refractivity contribution >= 4 is 0 Å². The van der Waals surface area contributed by atoms with Gasteiger partial charge < -0.3 is 10.2 Å². The molecule has 0 amide bonds. The molecule has 1 atom stereocenters. The summed E-state index contributed by atoms with van der Waals surface area (Å²) >= 11 is 0. The van der Waals surface area contributed by atoms with Crippen LogP contribution in [-0.4, -0.2) is 23.0 Å². The molecule has 1 aromatic heterocycles. The van der Waals surface area contributed by atoms with Gasteiger partial charge in [0, 0.05) is 18.1 Å². The minimum Gasteiger partial charge on any atom is -0.468 e. The number of rotatable bonds is 10. The topological polar surface area (TPSA) is 42.4 Å². The van der Waals surface area contributed by atoms with Crippen molar-refractivity contribution in [1.29, 1.82) is 0 Å². The second kappa shape index (κ2) is 7.28. The summed E-state index contributed by atoms with van der Waals surface area (Å²) in [6.07, 6.45) is 10.8. The van der Waals surface area contributed by atoms with Gasteiger partial charge >= 0.3 is 0 Å². The summed E-state index contributed by atoms with van der Waals surface area (Å²) in [6, 6.07) is 4.75. The van der Waals surface area contributed by atoms with Gasteiger partial charge in [-0.05, 0) is 38.3 Å². The molecular weight excluding hydrogens is 248 g/mol. The maximum Gasteiger partial charge on any atom is 0.117 e. The summed E-state index contributed by atoms with van der Waals surface area (Å²) in [5.74, 6) is 1.06. The van der Waals surface area contributed by atoms with Crippen LogP contribution in [0.4, 0.5) is 0 Å². The van der Waals surface area contributed by atoms with Crippen molar-refractivity contribution in [3.05, 3.63) is 24.2 Å². The first-order valence-electron chi connectivity index (χ1n) is 8.19. The highest BCUT2D eigenvalue weighted by Crippen LogP contribution is 2.36. The van der Waals surface area contributed by atoms with Gasteiger partial charge in [-0.1, -0.05) is 32.6 Å². The molecule has 0 radical (unpaired) electrons. The van der Waals surface area contributed by atoms with E-state index in [0.29, 0.717) is 6.04 Å². The van der Waals surface area contributed by atoms with Crippen molar-refractivity contribution in [2.24, 2.45) is 5.73 Å². The minimum absolute atomic E-state index is 0.113. The van der Waals surface area contributed by atoms with Gasteiger partial charge in [-0.2, -0.15) is 0 Å². The molecule has 0 saturated heterocycles. The zero-order chi connectivity index (χ0) is 14.4. The second-order valence-electron chi connectivity index (χ2n) is 6.45. The molecule has 1 heterocycles. The van der Waals surface area contributed by atoms with Crippen LogP contribution in [0.3, 0.4) is 0 Å². The Morgan fingerprint density at radius 3 is 2.70 bits per heavy atom. The molecule has 0 aromatic carbocycles. The molecule has 0 aliphatic heterocycles. The van der Waals surface area contributed by atoms with E-state index < -0.39 is 0 Å². The molecule has 2 N–H and O–H groups in total. The smallest absolute Gasteiger partial charge is 0.117 e. The average molecular weight is 278 g/mol. The predicted octanol–water partition coefficient (Wildman–Crippen LogP) is 3.93. The summed E-state index contributed by atoms with van der Waals surface area (Å²) < 4.78 is 5.54. The largest absolute Gasteiger partial charge is 0.468 e. The molecule has 1 saturated carbocycles. The molecule has 1 aliphatic rings. The summed E-state index contributed by atoms with van der Waals surface area (Å²) in [5.41, 5.74) is 6.26. The van der Waals surface area contributed by atoms with Crippen molar-refractivity contribution < 1.29 is 4.42 Å². The van der Waals surface area contributed by atoms with E-state index in [-0.39, 0.29) is 5.54 Å². The number of unbranched alkanes of at least 4 members (excludes halogenated alkanes) is 3. The van der Waals surface area contributed by atoms with Gasteiger partial charge in [-0.3, -0.25) is 4.90 Å². The molecule has 1 fully saturated rings. The van der Waals surface area contributed by atoms with Gasteiger partial charge in [0.1, 0.15) is 5.76 Å². The Morgan fingerprint density at radius 2 is 2.15 bits per heavy atom. The highest BCUT2D eigenvalue weighted by Gasteiger charge is 2.40. The zero-order valence-electron chi connectivity index (χ0n) is 13.1. The molecule has 2 rings (SSSR count). The molecule has 1 aliphatic carbocycles. The lowest BCUT2D eigenvalue weighted by atomic mass is 9.91. The molecule has 0 spiro atoms. The lowest BCUT2D eigenvalue weighted by molar-refractivity contribution is 0.0734. The van der Waals surface area contributed by atoms with Crippen LogP contribution in [0.5, 0.6) is 0 Å². The fourth-order valence-electron chi connectivity index (χ4n) is 3.01. The number of nitrogens with zero attached hydrogens (tertiary/aromatic N) is 1. The molecule has 3 heteroatoms. The van der Waals surface area contributed by atoms with Crippen LogP contribution >= 0.6 is 0 Å². The summed E-state index contributed by atoms with van der Waals surface area (Å²) in [7, 11) is 0. The van der Waals surface area contributed by atoms with E-state index in [0.717, 1.165) is 18.8 Å². The third kappa shape index (κ3) is 4.10. The zero-order valence-corrected chi connectivity index (χ0v) is 13.1. The Bertz CT molecular complexity index is 372. The molecular formula is C17H30N2O. The van der Waals surface area contributed by atoms with Gasteiger partial charge in [-0.25, -0.2) is 0 Å². The van der Waals surface area contributed by atoms with Crippen LogP contribution in [0.25, 0.3) is 0 Å². The molecule has 3 nitrogen and oxygen atoms in total. The predicted molar refractivity (Wildman–Crippen MR) is 83.5 cm³/mol. The van der Waals surface area contributed by atoms with Crippen LogP contribution in [-0.2, 0) is 6.54 Å². The minimum atomic E-state index is 0.113. The van der Waals surface area contributed by atoms with Gasteiger partial charge in [0.05, 0.1) is 12.8 Å². The van der Waals surface area contributed by atoms with Crippen molar-refractivity contribution in [3.8, 4) is 0 Å². The lowest BCUT2D eigenvalue weighted by Gasteiger charge is -2.41. The van der Waals surface area contributed by atoms with Gasteiger partial charge in [0.25, 0.3) is 0 Å².